The molecule has 2 heterocycles. The number of benzene rings is 2. The molecule has 0 aliphatic carbocycles. The number of carboxylic acid groups (broad SMARTS) is 1. The van der Waals surface area contributed by atoms with Gasteiger partial charge >= 0.3 is 5.97 Å². The fourth-order valence-electron chi connectivity index (χ4n) is 13.6. The van der Waals surface area contributed by atoms with Crippen LogP contribution in [0.2, 0.25) is 0 Å². The van der Waals surface area contributed by atoms with Crippen molar-refractivity contribution in [2.45, 2.75) is 249 Å². The Bertz CT molecular complexity index is 3730. The van der Waals surface area contributed by atoms with E-state index in [1.54, 1.807) is 102 Å². The molecule has 15 amide bonds. The number of aliphatic carboxylic acids is 1. The lowest BCUT2D eigenvalue weighted by molar-refractivity contribution is -0.148. The van der Waals surface area contributed by atoms with Crippen LogP contribution in [0.5, 0.6) is 0 Å². The van der Waals surface area contributed by atoms with Crippen molar-refractivity contribution in [2.75, 3.05) is 52.4 Å². The maximum atomic E-state index is 14.8. The molecule has 0 spiro atoms. The summed E-state index contributed by atoms with van der Waals surface area (Å²) in [5, 5.41) is 61.9. The van der Waals surface area contributed by atoms with Crippen molar-refractivity contribution in [2.24, 2.45) is 52.2 Å². The molecule has 2 aromatic carbocycles. The number of likely N-dealkylation sites (tertiary alicyclic amines) is 2. The number of primary amides is 1. The number of unbranched alkanes of at least 4 members (excludes halogenated alkanes) is 3. The third kappa shape index (κ3) is 34.5. The smallest absolute Gasteiger partial charge is 0.326 e. The van der Waals surface area contributed by atoms with E-state index in [1.165, 1.54) is 16.7 Å². The van der Waals surface area contributed by atoms with E-state index in [-0.39, 0.29) is 103 Å². The molecule has 0 bridgehead atoms. The highest BCUT2D eigenvalue weighted by Gasteiger charge is 2.44. The van der Waals surface area contributed by atoms with Crippen LogP contribution in [0.15, 0.2) is 60.7 Å². The number of hydrogen-bond donors (Lipinski definition) is 22. The number of carboxylic acids is 1. The van der Waals surface area contributed by atoms with Crippen LogP contribution in [0.4, 0.5) is 0 Å². The molecule has 0 aromatic heterocycles. The van der Waals surface area contributed by atoms with Gasteiger partial charge in [0.15, 0.2) is 5.96 Å². The summed E-state index contributed by atoms with van der Waals surface area (Å²) in [4.78, 5) is 224. The van der Waals surface area contributed by atoms with E-state index in [0.29, 0.717) is 62.5 Å². The summed E-state index contributed by atoms with van der Waals surface area (Å²) in [5.74, 6) is -16.3. The number of guanidine groups is 1. The number of amides is 15. The number of rotatable bonds is 53. The Kier molecular flexibility index (Phi) is 43.9. The van der Waals surface area contributed by atoms with Gasteiger partial charge in [0.1, 0.15) is 72.5 Å². The predicted octanol–water partition coefficient (Wildman–Crippen LogP) is -5.18. The molecule has 2 aliphatic heterocycles. The van der Waals surface area contributed by atoms with E-state index < -0.39 is 216 Å². The van der Waals surface area contributed by atoms with Gasteiger partial charge in [0.05, 0.1) is 31.7 Å². The zero-order valence-corrected chi connectivity index (χ0v) is 69.3. The van der Waals surface area contributed by atoms with Gasteiger partial charge in [0.25, 0.3) is 0 Å². The molecule has 28 N–H and O–H groups in total. The zero-order chi connectivity index (χ0) is 88.6. The largest absolute Gasteiger partial charge is 0.480 e. The quantitative estimate of drug-likeness (QED) is 0.0167. The first-order valence-electron chi connectivity index (χ1n) is 40.8. The lowest BCUT2D eigenvalue weighted by Gasteiger charge is -2.33. The van der Waals surface area contributed by atoms with Crippen LogP contribution in [-0.4, -0.2) is 258 Å². The monoisotopic (exact) mass is 1670 g/mol. The summed E-state index contributed by atoms with van der Waals surface area (Å²) >= 11 is 0. The summed E-state index contributed by atoms with van der Waals surface area (Å²) in [6.07, 6.45) is 1.38. The molecule has 40 nitrogen and oxygen atoms in total. The molecule has 119 heavy (non-hydrogen) atoms. The molecule has 0 saturated carbocycles. The Morgan fingerprint density at radius 2 is 0.840 bits per heavy atom. The average Bonchev–Trinajstić information content (AvgIpc) is 1.76. The number of hydrogen-bond acceptors (Lipinski definition) is 22. The van der Waals surface area contributed by atoms with E-state index in [2.05, 4.69) is 69.1 Å². The van der Waals surface area contributed by atoms with Gasteiger partial charge in [-0.2, -0.15) is 0 Å². The standard InChI is InChI=1S/C79H128N22O18/c1-44(2)62(96-71(111)55(40-49-25-12-9-13-26-49)93-66(106)50(83)27-20-36-87-79(85)86)74(114)95-56(41-59(84)103)72(112)97-63(45(3)4)75(115)98-64(46(5)6)77(117)101-38-21-31-57(101)73(113)99-65(47(7)102)76(116)94-54(39-48-23-10-8-11-24-48)68(108)88-42-60(104)90-52(29-15-18-34-81)69(109)92-53(30-16-19-35-82)70(110)91-51(28-14-17-33-80)67(107)89-43-61(105)100-37-22-32-58(100)78(118)119/h8-13,23-26,44-47,50-58,62-65,102H,14-22,27-43,80-83H2,1-7H3,(H2,84,103)(H,88,108)(H,89,107)(H,90,104)(H,91,110)(H,92,109)(H,93,106)(H,94,116)(H,95,114)(H,96,111)(H,97,112)(H,98,115)(H,99,113)(H,118,119)(H4,85,86,87)/t47-,50+,51+,52+,53+,54+,55+,56+,57+,58+,62+,63+,64+,65+/m1/s1. The Morgan fingerprint density at radius 1 is 0.437 bits per heavy atom. The maximum absolute atomic E-state index is 14.8. The highest BCUT2D eigenvalue weighted by Crippen LogP contribution is 2.23. The second-order valence-corrected chi connectivity index (χ2v) is 31.0. The van der Waals surface area contributed by atoms with Crippen LogP contribution in [0.25, 0.3) is 0 Å². The molecule has 0 unspecified atom stereocenters. The van der Waals surface area contributed by atoms with Gasteiger partial charge in [-0.3, -0.25) is 77.3 Å². The number of carbonyl (C=O) groups is 16. The second-order valence-electron chi connectivity index (χ2n) is 31.0. The van der Waals surface area contributed by atoms with Crippen LogP contribution < -0.4 is 104 Å². The first-order valence-corrected chi connectivity index (χ1v) is 40.8. The van der Waals surface area contributed by atoms with Gasteiger partial charge in [-0.1, -0.05) is 102 Å². The minimum absolute atomic E-state index is 0.00674. The molecule has 4 rings (SSSR count). The molecule has 2 aliphatic rings. The van der Waals surface area contributed by atoms with E-state index in [0.717, 1.165) is 0 Å². The van der Waals surface area contributed by atoms with Crippen molar-refractivity contribution in [1.82, 2.24) is 78.9 Å². The van der Waals surface area contributed by atoms with Gasteiger partial charge in [-0.25, -0.2) is 4.79 Å². The van der Waals surface area contributed by atoms with E-state index in [1.807, 2.05) is 0 Å². The van der Waals surface area contributed by atoms with E-state index in [4.69, 9.17) is 39.8 Å². The normalized spacial score (nSPS) is 16.8. The first kappa shape index (κ1) is 100. The molecule has 2 fully saturated rings. The molecular weight excluding hydrogens is 1550 g/mol. The highest BCUT2D eigenvalue weighted by molar-refractivity contribution is 6.01. The first-order chi connectivity index (χ1) is 56.4. The van der Waals surface area contributed by atoms with Crippen molar-refractivity contribution in [3.05, 3.63) is 71.8 Å². The van der Waals surface area contributed by atoms with Crippen LogP contribution in [0.1, 0.15) is 162 Å². The molecule has 662 valence electrons. The lowest BCUT2D eigenvalue weighted by atomic mass is 9.98. The zero-order valence-electron chi connectivity index (χ0n) is 69.3. The number of aliphatic hydroxyl groups is 1. The Hall–Kier alpha value is -11.0. The third-order valence-electron chi connectivity index (χ3n) is 20.3. The summed E-state index contributed by atoms with van der Waals surface area (Å²) in [6, 6.07) is -0.676. The molecule has 0 radical (unpaired) electrons. The second kappa shape index (κ2) is 52.1. The summed E-state index contributed by atoms with van der Waals surface area (Å²) in [7, 11) is 0. The maximum Gasteiger partial charge on any atom is 0.326 e. The molecule has 2 saturated heterocycles. The van der Waals surface area contributed by atoms with Crippen LogP contribution in [0.3, 0.4) is 0 Å². The minimum Gasteiger partial charge on any atom is -0.480 e. The Morgan fingerprint density at radius 3 is 1.32 bits per heavy atom. The fourth-order valence-corrected chi connectivity index (χ4v) is 13.6. The molecular formula is C79H128N22O18. The minimum atomic E-state index is -1.77. The van der Waals surface area contributed by atoms with Gasteiger partial charge in [0, 0.05) is 32.5 Å². The van der Waals surface area contributed by atoms with Crippen LogP contribution >= 0.6 is 0 Å². The number of nitrogens with zero attached hydrogens (tertiary/aromatic N) is 2. The summed E-state index contributed by atoms with van der Waals surface area (Å²) in [5.41, 5.74) is 35.6. The number of carbonyl (C=O) groups excluding carboxylic acids is 15. The van der Waals surface area contributed by atoms with E-state index in [9.17, 15) is 86.9 Å². The predicted molar refractivity (Wildman–Crippen MR) is 439 cm³/mol. The summed E-state index contributed by atoms with van der Waals surface area (Å²) in [6.45, 7) is 10.6. The SMILES string of the molecule is CC(C)[C@H](NC(=O)[C@H](Cc1ccccc1)NC(=O)[C@@H](N)CCCNC(=N)N)C(=O)N[C@@H](CC(N)=O)C(=O)N[C@H](C(=O)N[C@H](C(=O)N1CCC[C@H]1C(=O)N[C@H](C(=O)N[C@@H](Cc1ccccc1)C(=O)NCC(=O)N[C@@H](CCCCN)C(=O)N[C@@H](CCCCN)C(=O)N[C@@H](CCCCN)C(=O)NCC(=O)N1CCC[C@H]1C(=O)O)[C@@H](C)O)C(C)C)C(C)C. The number of nitrogens with two attached hydrogens (primary N) is 6. The third-order valence-corrected chi connectivity index (χ3v) is 20.3. The van der Waals surface area contributed by atoms with Crippen molar-refractivity contribution in [1.29, 1.82) is 5.41 Å². The van der Waals surface area contributed by atoms with Gasteiger partial charge in [0.2, 0.25) is 88.6 Å². The molecule has 40 heteroatoms. The molecule has 2 aromatic rings. The lowest BCUT2D eigenvalue weighted by Crippen LogP contribution is -2.62. The average molecular weight is 1670 g/mol. The van der Waals surface area contributed by atoms with E-state index >= 15 is 0 Å². The summed E-state index contributed by atoms with van der Waals surface area (Å²) < 4.78 is 0. The van der Waals surface area contributed by atoms with Crippen molar-refractivity contribution < 1.29 is 86.9 Å². The van der Waals surface area contributed by atoms with Gasteiger partial charge in [-0.05, 0) is 152 Å². The van der Waals surface area contributed by atoms with Crippen LogP contribution in [0, 0.1) is 23.2 Å². The van der Waals surface area contributed by atoms with Gasteiger partial charge < -0.3 is 124 Å². The van der Waals surface area contributed by atoms with Crippen molar-refractivity contribution >= 4 is 101 Å². The topological polar surface area (TPSA) is 656 Å². The van der Waals surface area contributed by atoms with Crippen LogP contribution in [-0.2, 0) is 89.6 Å². The Labute approximate surface area is 693 Å². The van der Waals surface area contributed by atoms with Crippen molar-refractivity contribution in [3.8, 4) is 0 Å². The number of nitrogens with one attached hydrogen (secondary N) is 14. The molecule has 14 atom stereocenters. The highest BCUT2D eigenvalue weighted by atomic mass is 16.4. The van der Waals surface area contributed by atoms with Crippen molar-refractivity contribution in [3.63, 3.8) is 0 Å². The number of aliphatic hydroxyl groups excluding tert-OH is 1. The van der Waals surface area contributed by atoms with Gasteiger partial charge in [-0.15, -0.1) is 0 Å². The fraction of sp³-hybridized carbons (Fsp3) is 0.633. The Balaban J connectivity index is 1.48.